The molecule has 0 saturated carbocycles. The van der Waals surface area contributed by atoms with E-state index in [4.69, 9.17) is 0 Å². The Morgan fingerprint density at radius 3 is 2.78 bits per heavy atom. The number of nitrogens with one attached hydrogen (secondary N) is 1. The Balaban J connectivity index is 1.78. The van der Waals surface area contributed by atoms with Crippen LogP contribution in [0.3, 0.4) is 0 Å². The molecule has 1 unspecified atom stereocenters. The molecule has 23 heavy (non-hydrogen) atoms. The van der Waals surface area contributed by atoms with Crippen molar-refractivity contribution in [2.45, 2.75) is 31.9 Å². The molecule has 2 N–H and O–H groups in total. The summed E-state index contributed by atoms with van der Waals surface area (Å²) in [6, 6.07) is 16.2. The van der Waals surface area contributed by atoms with Gasteiger partial charge in [0.25, 0.3) is 0 Å². The molecule has 0 spiro atoms. The van der Waals surface area contributed by atoms with Crippen LogP contribution in [0.5, 0.6) is 0 Å². The van der Waals surface area contributed by atoms with Gasteiger partial charge in [0.15, 0.2) is 0 Å². The normalized spacial score (nSPS) is 19.0. The molecule has 1 saturated heterocycles. The van der Waals surface area contributed by atoms with Crippen LogP contribution in [-0.2, 0) is 4.79 Å². The molecule has 1 amide bonds. The molecule has 2 aromatic carbocycles. The minimum atomic E-state index is -0.670. The molecule has 3 rings (SSSR count). The molecule has 1 aliphatic rings. The lowest BCUT2D eigenvalue weighted by molar-refractivity contribution is -0.119. The van der Waals surface area contributed by atoms with Gasteiger partial charge in [-0.3, -0.25) is 4.79 Å². The van der Waals surface area contributed by atoms with E-state index in [0.717, 1.165) is 17.5 Å². The minimum absolute atomic E-state index is 0.0386. The molecular formula is C20H21NO2. The van der Waals surface area contributed by atoms with E-state index >= 15 is 0 Å². The van der Waals surface area contributed by atoms with Gasteiger partial charge in [0.05, 0.1) is 6.10 Å². The number of aryl methyl sites for hydroxylation is 1. The standard InChI is InChI=1S/C20H21NO2/c1-14-5-2-3-8-18(14)15-6-4-7-16(13-15)19(22)11-9-17-10-12-20(23)21-17/h2-9,11,13,17,19,22H,10,12H2,1H3,(H,21,23)/b11-9+/t17-,19?/m0/s1. The lowest BCUT2D eigenvalue weighted by Crippen LogP contribution is -2.23. The molecule has 1 heterocycles. The Hall–Kier alpha value is -2.39. The quantitative estimate of drug-likeness (QED) is 0.849. The average molecular weight is 307 g/mol. The Bertz CT molecular complexity index is 736. The zero-order valence-electron chi connectivity index (χ0n) is 13.2. The number of aliphatic hydroxyl groups excluding tert-OH is 1. The van der Waals surface area contributed by atoms with E-state index in [9.17, 15) is 9.90 Å². The Kier molecular flexibility index (Phi) is 4.58. The minimum Gasteiger partial charge on any atom is -0.384 e. The van der Waals surface area contributed by atoms with E-state index in [0.29, 0.717) is 6.42 Å². The van der Waals surface area contributed by atoms with Crippen LogP contribution < -0.4 is 5.32 Å². The van der Waals surface area contributed by atoms with Crippen molar-refractivity contribution in [2.75, 3.05) is 0 Å². The van der Waals surface area contributed by atoms with Gasteiger partial charge in [-0.1, -0.05) is 54.6 Å². The van der Waals surface area contributed by atoms with Gasteiger partial charge in [-0.2, -0.15) is 0 Å². The predicted octanol–water partition coefficient (Wildman–Crippen LogP) is 3.53. The molecule has 1 aliphatic heterocycles. The number of amides is 1. The number of carbonyl (C=O) groups is 1. The molecule has 118 valence electrons. The van der Waals surface area contributed by atoms with Crippen LogP contribution in [0.4, 0.5) is 0 Å². The maximum absolute atomic E-state index is 11.2. The summed E-state index contributed by atoms with van der Waals surface area (Å²) in [6.45, 7) is 2.08. The Morgan fingerprint density at radius 1 is 1.22 bits per heavy atom. The van der Waals surface area contributed by atoms with E-state index in [1.54, 1.807) is 6.08 Å². The third-order valence-electron chi connectivity index (χ3n) is 4.24. The van der Waals surface area contributed by atoms with Crippen molar-refractivity contribution in [2.24, 2.45) is 0 Å². The van der Waals surface area contributed by atoms with Crippen LogP contribution in [0.2, 0.25) is 0 Å². The second-order valence-corrected chi connectivity index (χ2v) is 5.98. The highest BCUT2D eigenvalue weighted by atomic mass is 16.3. The maximum atomic E-state index is 11.2. The highest BCUT2D eigenvalue weighted by molar-refractivity contribution is 5.78. The third kappa shape index (κ3) is 3.69. The Morgan fingerprint density at radius 2 is 2.04 bits per heavy atom. The van der Waals surface area contributed by atoms with Crippen LogP contribution in [0.1, 0.15) is 30.1 Å². The van der Waals surface area contributed by atoms with Crippen molar-refractivity contribution < 1.29 is 9.90 Å². The second kappa shape index (κ2) is 6.80. The van der Waals surface area contributed by atoms with Gasteiger partial charge in [0.2, 0.25) is 5.91 Å². The Labute approximate surface area is 136 Å². The van der Waals surface area contributed by atoms with Crippen molar-refractivity contribution in [3.63, 3.8) is 0 Å². The van der Waals surface area contributed by atoms with Crippen molar-refractivity contribution in [1.29, 1.82) is 0 Å². The molecule has 0 bridgehead atoms. The molecule has 3 nitrogen and oxygen atoms in total. The van der Waals surface area contributed by atoms with E-state index in [1.807, 2.05) is 36.4 Å². The fourth-order valence-corrected chi connectivity index (χ4v) is 2.92. The summed E-state index contributed by atoms with van der Waals surface area (Å²) in [4.78, 5) is 11.2. The zero-order valence-corrected chi connectivity index (χ0v) is 13.2. The summed E-state index contributed by atoms with van der Waals surface area (Å²) in [5.74, 6) is 0.0793. The average Bonchev–Trinajstić information content (AvgIpc) is 2.98. The summed E-state index contributed by atoms with van der Waals surface area (Å²) in [6.07, 6.45) is 4.33. The SMILES string of the molecule is Cc1ccccc1-c1cccc(C(O)/C=C/[C@H]2CCC(=O)N2)c1. The molecular weight excluding hydrogens is 286 g/mol. The highest BCUT2D eigenvalue weighted by Crippen LogP contribution is 2.26. The first-order valence-corrected chi connectivity index (χ1v) is 7.95. The van der Waals surface area contributed by atoms with Gasteiger partial charge in [-0.05, 0) is 41.7 Å². The zero-order chi connectivity index (χ0) is 16.2. The van der Waals surface area contributed by atoms with Crippen LogP contribution >= 0.6 is 0 Å². The number of carbonyl (C=O) groups excluding carboxylic acids is 1. The van der Waals surface area contributed by atoms with Gasteiger partial charge in [-0.15, -0.1) is 0 Å². The molecule has 3 heteroatoms. The van der Waals surface area contributed by atoms with Gasteiger partial charge in [0.1, 0.15) is 0 Å². The smallest absolute Gasteiger partial charge is 0.220 e. The van der Waals surface area contributed by atoms with E-state index in [2.05, 4.69) is 30.4 Å². The predicted molar refractivity (Wildman–Crippen MR) is 91.9 cm³/mol. The molecule has 0 aliphatic carbocycles. The van der Waals surface area contributed by atoms with E-state index in [1.165, 1.54) is 11.1 Å². The molecule has 2 atom stereocenters. The maximum Gasteiger partial charge on any atom is 0.220 e. The largest absolute Gasteiger partial charge is 0.384 e. The summed E-state index contributed by atoms with van der Waals surface area (Å²) in [5.41, 5.74) is 4.34. The van der Waals surface area contributed by atoms with Crippen LogP contribution in [-0.4, -0.2) is 17.1 Å². The number of hydrogen-bond acceptors (Lipinski definition) is 2. The van der Waals surface area contributed by atoms with Crippen molar-refractivity contribution in [3.8, 4) is 11.1 Å². The third-order valence-corrected chi connectivity index (χ3v) is 4.24. The monoisotopic (exact) mass is 307 g/mol. The van der Waals surface area contributed by atoms with Gasteiger partial charge in [-0.25, -0.2) is 0 Å². The highest BCUT2D eigenvalue weighted by Gasteiger charge is 2.18. The first-order chi connectivity index (χ1) is 11.1. The molecule has 1 fully saturated rings. The van der Waals surface area contributed by atoms with Crippen LogP contribution in [0, 0.1) is 6.92 Å². The molecule has 2 aromatic rings. The van der Waals surface area contributed by atoms with Crippen LogP contribution in [0.25, 0.3) is 11.1 Å². The molecule has 0 radical (unpaired) electrons. The van der Waals surface area contributed by atoms with Crippen LogP contribution in [0.15, 0.2) is 60.7 Å². The van der Waals surface area contributed by atoms with Gasteiger partial charge in [0, 0.05) is 12.5 Å². The number of aliphatic hydroxyl groups is 1. The van der Waals surface area contributed by atoms with Gasteiger partial charge < -0.3 is 10.4 Å². The fourth-order valence-electron chi connectivity index (χ4n) is 2.92. The van der Waals surface area contributed by atoms with Gasteiger partial charge >= 0.3 is 0 Å². The summed E-state index contributed by atoms with van der Waals surface area (Å²) >= 11 is 0. The number of hydrogen-bond donors (Lipinski definition) is 2. The molecule has 0 aromatic heterocycles. The van der Waals surface area contributed by atoms with E-state index < -0.39 is 6.10 Å². The van der Waals surface area contributed by atoms with Crippen molar-refractivity contribution in [1.82, 2.24) is 5.32 Å². The number of rotatable bonds is 4. The number of benzene rings is 2. The first kappa shape index (κ1) is 15.5. The van der Waals surface area contributed by atoms with Crippen molar-refractivity contribution in [3.05, 3.63) is 71.8 Å². The van der Waals surface area contributed by atoms with Crippen molar-refractivity contribution >= 4 is 5.91 Å². The summed E-state index contributed by atoms with van der Waals surface area (Å²) < 4.78 is 0. The summed E-state index contributed by atoms with van der Waals surface area (Å²) in [7, 11) is 0. The first-order valence-electron chi connectivity index (χ1n) is 7.95. The summed E-state index contributed by atoms with van der Waals surface area (Å²) in [5, 5.41) is 13.3. The second-order valence-electron chi connectivity index (χ2n) is 5.98. The van der Waals surface area contributed by atoms with E-state index in [-0.39, 0.29) is 11.9 Å². The lowest BCUT2D eigenvalue weighted by Gasteiger charge is -2.11. The fraction of sp³-hybridized carbons (Fsp3) is 0.250. The lowest BCUT2D eigenvalue weighted by atomic mass is 9.97. The topological polar surface area (TPSA) is 49.3 Å².